The second kappa shape index (κ2) is 5.99. The highest BCUT2D eigenvalue weighted by Gasteiger charge is 2.42. The first-order valence-electron chi connectivity index (χ1n) is 8.77. The van der Waals surface area contributed by atoms with Crippen LogP contribution in [0, 0.1) is 0 Å². The molecule has 0 saturated heterocycles. The smallest absolute Gasteiger partial charge is 0.276 e. The first-order chi connectivity index (χ1) is 13.2. The van der Waals surface area contributed by atoms with Gasteiger partial charge in [0, 0.05) is 29.2 Å². The highest BCUT2D eigenvalue weighted by Crippen LogP contribution is 2.46. The Balaban J connectivity index is 1.76. The zero-order valence-corrected chi connectivity index (χ0v) is 15.9. The van der Waals surface area contributed by atoms with Gasteiger partial charge in [0.15, 0.2) is 0 Å². The zero-order valence-electron chi connectivity index (χ0n) is 15.0. The van der Waals surface area contributed by atoms with Crippen LogP contribution in [0.3, 0.4) is 0 Å². The molecule has 4 nitrogen and oxygen atoms in total. The van der Waals surface area contributed by atoms with Gasteiger partial charge < -0.3 is 9.30 Å². The van der Waals surface area contributed by atoms with E-state index in [9.17, 15) is 4.79 Å². The average molecular weight is 374 g/mol. The Morgan fingerprint density at radius 1 is 1.04 bits per heavy atom. The number of hydrogen-bond donors (Lipinski definition) is 0. The Kier molecular flexibility index (Phi) is 3.58. The molecule has 1 amide bonds. The minimum atomic E-state index is -0.127. The molecule has 0 bridgehead atoms. The number of benzene rings is 2. The molecule has 4 aromatic rings. The molecule has 0 aliphatic carbocycles. The van der Waals surface area contributed by atoms with Crippen LogP contribution in [0.25, 0.3) is 10.9 Å². The maximum atomic E-state index is 13.5. The fraction of sp³-hybridized carbons (Fsp3) is 0.136. The SMILES string of the molecule is COc1ccc(N2C(=O)c3c(c4ccccc4n3C)C2c2ccsc2)cc1. The number of aromatic nitrogens is 1. The molecule has 134 valence electrons. The third-order valence-electron chi connectivity index (χ3n) is 5.31. The normalized spacial score (nSPS) is 16.1. The summed E-state index contributed by atoms with van der Waals surface area (Å²) in [7, 11) is 3.62. The molecule has 1 aliphatic rings. The van der Waals surface area contributed by atoms with Crippen molar-refractivity contribution in [1.82, 2.24) is 4.57 Å². The van der Waals surface area contributed by atoms with Crippen LogP contribution in [0.15, 0.2) is 65.4 Å². The van der Waals surface area contributed by atoms with Crippen molar-refractivity contribution in [3.05, 3.63) is 82.2 Å². The first kappa shape index (κ1) is 16.1. The van der Waals surface area contributed by atoms with Crippen molar-refractivity contribution in [3.8, 4) is 5.75 Å². The van der Waals surface area contributed by atoms with Crippen LogP contribution >= 0.6 is 11.3 Å². The van der Waals surface area contributed by atoms with E-state index >= 15 is 0 Å². The minimum absolute atomic E-state index is 0.0325. The van der Waals surface area contributed by atoms with Crippen molar-refractivity contribution < 1.29 is 9.53 Å². The Labute approximate surface area is 161 Å². The van der Waals surface area contributed by atoms with E-state index in [1.807, 2.05) is 52.9 Å². The van der Waals surface area contributed by atoms with Gasteiger partial charge in [-0.05, 0) is 52.7 Å². The van der Waals surface area contributed by atoms with Gasteiger partial charge in [0.1, 0.15) is 11.4 Å². The fourth-order valence-electron chi connectivity index (χ4n) is 4.07. The summed E-state index contributed by atoms with van der Waals surface area (Å²) in [6.07, 6.45) is 0. The summed E-state index contributed by atoms with van der Waals surface area (Å²) in [5.74, 6) is 0.811. The van der Waals surface area contributed by atoms with Crippen molar-refractivity contribution in [2.45, 2.75) is 6.04 Å². The lowest BCUT2D eigenvalue weighted by Gasteiger charge is -2.26. The van der Waals surface area contributed by atoms with Gasteiger partial charge >= 0.3 is 0 Å². The van der Waals surface area contributed by atoms with Gasteiger partial charge in [0.25, 0.3) is 5.91 Å². The number of carbonyl (C=O) groups is 1. The average Bonchev–Trinajstić information content (AvgIpc) is 3.40. The van der Waals surface area contributed by atoms with Gasteiger partial charge in [-0.3, -0.25) is 9.69 Å². The lowest BCUT2D eigenvalue weighted by atomic mass is 10.00. The molecule has 2 aromatic carbocycles. The lowest BCUT2D eigenvalue weighted by molar-refractivity contribution is 0.0986. The molecule has 0 saturated carbocycles. The van der Waals surface area contributed by atoms with E-state index < -0.39 is 0 Å². The molecule has 0 radical (unpaired) electrons. The van der Waals surface area contributed by atoms with Crippen molar-refractivity contribution in [1.29, 1.82) is 0 Å². The number of rotatable bonds is 3. The molecule has 5 rings (SSSR count). The van der Waals surface area contributed by atoms with Crippen LogP contribution in [0.2, 0.25) is 0 Å². The van der Waals surface area contributed by atoms with Crippen LogP contribution in [0.5, 0.6) is 5.75 Å². The molecule has 0 N–H and O–H groups in total. The zero-order chi connectivity index (χ0) is 18.5. The van der Waals surface area contributed by atoms with Gasteiger partial charge in [-0.2, -0.15) is 11.3 Å². The number of carbonyl (C=O) groups excluding carboxylic acids is 1. The summed E-state index contributed by atoms with van der Waals surface area (Å²) >= 11 is 1.65. The number of nitrogens with zero attached hydrogens (tertiary/aromatic N) is 2. The third-order valence-corrected chi connectivity index (χ3v) is 6.01. The molecule has 27 heavy (non-hydrogen) atoms. The Bertz CT molecular complexity index is 1140. The van der Waals surface area contributed by atoms with E-state index in [4.69, 9.17) is 4.74 Å². The van der Waals surface area contributed by atoms with E-state index in [-0.39, 0.29) is 11.9 Å². The topological polar surface area (TPSA) is 34.5 Å². The van der Waals surface area contributed by atoms with Gasteiger partial charge in [0.2, 0.25) is 0 Å². The molecule has 1 atom stereocenters. The monoisotopic (exact) mass is 374 g/mol. The molecule has 5 heteroatoms. The number of ether oxygens (including phenoxy) is 1. The van der Waals surface area contributed by atoms with E-state index in [0.717, 1.165) is 39.2 Å². The summed E-state index contributed by atoms with van der Waals surface area (Å²) in [5, 5.41) is 5.33. The summed E-state index contributed by atoms with van der Waals surface area (Å²) in [6.45, 7) is 0. The second-order valence-corrected chi connectivity index (χ2v) is 7.45. The number of fused-ring (bicyclic) bond motifs is 3. The number of amides is 1. The number of thiophene rings is 1. The largest absolute Gasteiger partial charge is 0.497 e. The van der Waals surface area contributed by atoms with E-state index in [2.05, 4.69) is 29.0 Å². The van der Waals surface area contributed by atoms with Gasteiger partial charge in [-0.15, -0.1) is 0 Å². The summed E-state index contributed by atoms with van der Waals surface area (Å²) < 4.78 is 7.30. The highest BCUT2D eigenvalue weighted by molar-refractivity contribution is 7.08. The number of para-hydroxylation sites is 1. The Morgan fingerprint density at radius 2 is 1.81 bits per heavy atom. The van der Waals surface area contributed by atoms with Crippen molar-refractivity contribution in [2.24, 2.45) is 7.05 Å². The summed E-state index contributed by atoms with van der Waals surface area (Å²) in [6, 6.07) is 17.9. The third kappa shape index (κ3) is 2.25. The number of methoxy groups -OCH3 is 1. The fourth-order valence-corrected chi connectivity index (χ4v) is 4.75. The van der Waals surface area contributed by atoms with Crippen LogP contribution in [0.4, 0.5) is 5.69 Å². The van der Waals surface area contributed by atoms with E-state index in [0.29, 0.717) is 0 Å². The molecule has 1 unspecified atom stereocenters. The molecule has 3 heterocycles. The predicted octanol–water partition coefficient (Wildman–Crippen LogP) is 5.00. The maximum absolute atomic E-state index is 13.5. The highest BCUT2D eigenvalue weighted by atomic mass is 32.1. The van der Waals surface area contributed by atoms with Gasteiger partial charge in [0.05, 0.1) is 13.2 Å². The minimum Gasteiger partial charge on any atom is -0.497 e. The number of aryl methyl sites for hydroxylation is 1. The van der Waals surface area contributed by atoms with E-state index in [1.165, 1.54) is 0 Å². The molecule has 0 spiro atoms. The van der Waals surface area contributed by atoms with Crippen molar-refractivity contribution in [3.63, 3.8) is 0 Å². The van der Waals surface area contributed by atoms with Gasteiger partial charge in [-0.25, -0.2) is 0 Å². The summed E-state index contributed by atoms with van der Waals surface area (Å²) in [4.78, 5) is 15.4. The molecule has 2 aromatic heterocycles. The summed E-state index contributed by atoms with van der Waals surface area (Å²) in [5.41, 5.74) is 4.96. The van der Waals surface area contributed by atoms with Crippen LogP contribution in [0.1, 0.15) is 27.7 Å². The quantitative estimate of drug-likeness (QED) is 0.506. The second-order valence-electron chi connectivity index (χ2n) is 6.67. The Morgan fingerprint density at radius 3 is 2.52 bits per heavy atom. The lowest BCUT2D eigenvalue weighted by Crippen LogP contribution is -2.29. The number of anilines is 1. The van der Waals surface area contributed by atoms with Crippen LogP contribution in [-0.2, 0) is 7.05 Å². The van der Waals surface area contributed by atoms with Crippen molar-refractivity contribution in [2.75, 3.05) is 12.0 Å². The maximum Gasteiger partial charge on any atom is 0.276 e. The first-order valence-corrected chi connectivity index (χ1v) is 9.72. The number of hydrogen-bond acceptors (Lipinski definition) is 3. The standard InChI is InChI=1S/C22H18N2O2S/c1-23-18-6-4-3-5-17(18)19-20(14-11-12-27-13-14)24(22(25)21(19)23)15-7-9-16(26-2)10-8-15/h3-13,20H,1-2H3. The molecule has 0 fully saturated rings. The van der Waals surface area contributed by atoms with Crippen LogP contribution in [-0.4, -0.2) is 17.6 Å². The van der Waals surface area contributed by atoms with E-state index in [1.54, 1.807) is 18.4 Å². The van der Waals surface area contributed by atoms with Crippen molar-refractivity contribution >= 4 is 33.8 Å². The predicted molar refractivity (Wildman–Crippen MR) is 109 cm³/mol. The molecular formula is C22H18N2O2S. The Hall–Kier alpha value is -3.05. The van der Waals surface area contributed by atoms with Gasteiger partial charge in [-0.1, -0.05) is 18.2 Å². The molecule has 1 aliphatic heterocycles. The molecular weight excluding hydrogens is 356 g/mol. The van der Waals surface area contributed by atoms with Crippen LogP contribution < -0.4 is 9.64 Å².